The van der Waals surface area contributed by atoms with E-state index in [1.54, 1.807) is 0 Å². The van der Waals surface area contributed by atoms with Gasteiger partial charge in [-0.3, -0.25) is 4.79 Å². The molecule has 8 heteroatoms. The van der Waals surface area contributed by atoms with E-state index in [2.05, 4.69) is 67.4 Å². The van der Waals surface area contributed by atoms with Gasteiger partial charge in [-0.25, -0.2) is 4.21 Å². The van der Waals surface area contributed by atoms with E-state index in [-0.39, 0.29) is 6.42 Å². The van der Waals surface area contributed by atoms with Crippen molar-refractivity contribution in [2.75, 3.05) is 14.5 Å². The Bertz CT molecular complexity index is 1630. The molecule has 0 fully saturated rings. The van der Waals surface area contributed by atoms with Gasteiger partial charge in [0.25, 0.3) is 0 Å². The summed E-state index contributed by atoms with van der Waals surface area (Å²) >= 11 is -0.536. The van der Waals surface area contributed by atoms with Crippen LogP contribution in [0.5, 0.6) is 0 Å². The molecule has 0 saturated heterocycles. The molecule has 1 heterocycles. The standard InChI is InChI=1S/C31H30N2O3S.C4H11IO.C2H6.C2H4/c1-18-5-9-22(10-6-18)29-21(4)30-26-14-11-24(33-37(36)25-12-7-19(2)8-13-25)15-23(26)17-32-31(30)20(3)27(29)16-28(34)35;1-2-3-4-5-6;2*1-2/h5-15,32-33H,16-17H2,1-4H3,(H,34,35);5-6H,2-4H2,1H3;1-2H3;1-2H2. The van der Waals surface area contributed by atoms with Crippen LogP contribution in [0.15, 0.2) is 84.8 Å². The fourth-order valence-electron chi connectivity index (χ4n) is 5.37. The summed E-state index contributed by atoms with van der Waals surface area (Å²) in [6, 6.07) is 22.0. The minimum Gasteiger partial charge on any atom is -0.481 e. The summed E-state index contributed by atoms with van der Waals surface area (Å²) in [5, 5.41) is 13.3. The number of aliphatic carboxylic acids is 1. The zero-order valence-corrected chi connectivity index (χ0v) is 32.0. The van der Waals surface area contributed by atoms with E-state index in [1.807, 2.05) is 71.0 Å². The first kappa shape index (κ1) is 39.7. The Hall–Kier alpha value is -3.47. The number of hydrogen-bond acceptors (Lipinski definition) is 4. The fourth-order valence-corrected chi connectivity index (χ4v) is 7.41. The fraction of sp³-hybridized carbons (Fsp3) is 0.308. The van der Waals surface area contributed by atoms with Crippen LogP contribution in [-0.2, 0) is 28.7 Å². The number of carboxylic acids is 1. The van der Waals surface area contributed by atoms with Gasteiger partial charge in [0, 0.05) is 23.5 Å². The molecule has 0 radical (unpaired) electrons. The molecule has 47 heavy (non-hydrogen) atoms. The summed E-state index contributed by atoms with van der Waals surface area (Å²) in [4.78, 5) is 12.6. The third-order valence-corrected chi connectivity index (χ3v) is 10.1. The number of carboxylic acid groups (broad SMARTS) is 1. The molecule has 6 nitrogen and oxygen atoms in total. The Morgan fingerprint density at radius 2 is 1.51 bits per heavy atom. The van der Waals surface area contributed by atoms with Gasteiger partial charge in [-0.2, -0.15) is 0 Å². The zero-order chi connectivity index (χ0) is 35.1. The third kappa shape index (κ3) is 10.5. The largest absolute Gasteiger partial charge is 0.481 e. The molecule has 0 spiro atoms. The van der Waals surface area contributed by atoms with Gasteiger partial charge in [0.1, 0.15) is 11.0 Å². The number of hydrogen-bond donors (Lipinski definition) is 4. The van der Waals surface area contributed by atoms with Crippen molar-refractivity contribution in [3.05, 3.63) is 113 Å². The van der Waals surface area contributed by atoms with Crippen LogP contribution in [-0.4, -0.2) is 23.1 Å². The summed E-state index contributed by atoms with van der Waals surface area (Å²) in [5.41, 5.74) is 12.2. The van der Waals surface area contributed by atoms with Gasteiger partial charge in [-0.15, -0.1) is 13.2 Å². The molecule has 4 aromatic rings. The van der Waals surface area contributed by atoms with Crippen molar-refractivity contribution in [1.29, 1.82) is 0 Å². The number of rotatable bonds is 9. The molecule has 0 aliphatic carbocycles. The SMILES string of the molecule is C=C.CC.CCCC[IH]O.Cc1ccc(-c2c(C)c3c(c(C)c2CC(=O)O)NCc2cc(NS(=O)c4ccc(C)cc4)ccc2-3)cc1. The smallest absolute Gasteiger partial charge is 0.307 e. The zero-order valence-electron chi connectivity index (χ0n) is 28.8. The van der Waals surface area contributed by atoms with E-state index in [0.29, 0.717) is 6.54 Å². The maximum absolute atomic E-state index is 12.9. The van der Waals surface area contributed by atoms with E-state index in [0.717, 1.165) is 76.3 Å². The molecular weight excluding hydrogens is 719 g/mol. The topological polar surface area (TPSA) is 98.7 Å². The van der Waals surface area contributed by atoms with Crippen LogP contribution in [0, 0.1) is 27.7 Å². The van der Waals surface area contributed by atoms with E-state index in [4.69, 9.17) is 3.44 Å². The Kier molecular flexibility index (Phi) is 16.9. The van der Waals surface area contributed by atoms with Gasteiger partial charge in [-0.1, -0.05) is 67.4 Å². The second-order valence-electron chi connectivity index (χ2n) is 10.9. The molecule has 0 bridgehead atoms. The second-order valence-corrected chi connectivity index (χ2v) is 14.0. The van der Waals surface area contributed by atoms with E-state index < -0.39 is 38.6 Å². The molecule has 254 valence electrons. The summed E-state index contributed by atoms with van der Waals surface area (Å²) in [6.45, 7) is 20.9. The molecule has 5 rings (SSSR count). The van der Waals surface area contributed by atoms with Crippen LogP contribution in [0.1, 0.15) is 67.0 Å². The molecule has 0 saturated carbocycles. The van der Waals surface area contributed by atoms with E-state index in [1.165, 1.54) is 12.8 Å². The molecular formula is C39H51IN2O4S. The molecule has 1 aliphatic rings. The van der Waals surface area contributed by atoms with Crippen molar-refractivity contribution < 1.29 is 17.5 Å². The predicted octanol–water partition coefficient (Wildman–Crippen LogP) is 10.2. The number of halogens is 1. The van der Waals surface area contributed by atoms with E-state index in [9.17, 15) is 14.1 Å². The Labute approximate surface area is 295 Å². The molecule has 4 aromatic carbocycles. The van der Waals surface area contributed by atoms with Crippen molar-refractivity contribution in [2.45, 2.75) is 79.2 Å². The van der Waals surface area contributed by atoms with Crippen LogP contribution >= 0.6 is 21.6 Å². The van der Waals surface area contributed by atoms with Gasteiger partial charge in [-0.05, 0) is 90.9 Å². The molecule has 0 aromatic heterocycles. The van der Waals surface area contributed by atoms with Gasteiger partial charge in [0.15, 0.2) is 0 Å². The van der Waals surface area contributed by atoms with Crippen molar-refractivity contribution in [3.8, 4) is 22.3 Å². The summed E-state index contributed by atoms with van der Waals surface area (Å²) < 4.78 is 25.4. The quantitative estimate of drug-likeness (QED) is 0.0588. The number of benzene rings is 4. The molecule has 1 aliphatic heterocycles. The Morgan fingerprint density at radius 3 is 2.04 bits per heavy atom. The number of aryl methyl sites for hydroxylation is 2. The molecule has 1 atom stereocenters. The first-order valence-corrected chi connectivity index (χ1v) is 19.8. The Morgan fingerprint density at radius 1 is 0.915 bits per heavy atom. The molecule has 4 N–H and O–H groups in total. The van der Waals surface area contributed by atoms with Crippen LogP contribution < -0.4 is 10.0 Å². The first-order chi connectivity index (χ1) is 22.6. The third-order valence-electron chi connectivity index (χ3n) is 7.66. The van der Waals surface area contributed by atoms with Crippen LogP contribution in [0.4, 0.5) is 11.4 Å². The number of carbonyl (C=O) groups is 1. The van der Waals surface area contributed by atoms with Crippen molar-refractivity contribution in [2.24, 2.45) is 0 Å². The number of anilines is 2. The first-order valence-electron chi connectivity index (χ1n) is 16.0. The van der Waals surface area contributed by atoms with E-state index >= 15 is 0 Å². The maximum atomic E-state index is 12.9. The van der Waals surface area contributed by atoms with Crippen LogP contribution in [0.3, 0.4) is 0 Å². The average Bonchev–Trinajstić information content (AvgIpc) is 3.08. The monoisotopic (exact) mass is 770 g/mol. The van der Waals surface area contributed by atoms with Gasteiger partial charge in [0.05, 0.1) is 11.3 Å². The number of unbranched alkanes of at least 4 members (excludes halogenated alkanes) is 1. The average molecular weight is 771 g/mol. The van der Waals surface area contributed by atoms with Gasteiger partial charge < -0.3 is 15.1 Å². The minimum absolute atomic E-state index is 0.0363. The number of alkyl halides is 1. The Balaban J connectivity index is 0.000000683. The summed E-state index contributed by atoms with van der Waals surface area (Å²) in [7, 11) is -1.36. The minimum atomic E-state index is -1.36. The van der Waals surface area contributed by atoms with Crippen molar-refractivity contribution in [1.82, 2.24) is 0 Å². The molecule has 1 unspecified atom stereocenters. The molecule has 0 amide bonds. The predicted molar refractivity (Wildman–Crippen MR) is 211 cm³/mol. The van der Waals surface area contributed by atoms with Crippen LogP contribution in [0.2, 0.25) is 0 Å². The second kappa shape index (κ2) is 20.0. The number of fused-ring (bicyclic) bond motifs is 3. The van der Waals surface area contributed by atoms with Gasteiger partial charge in [0.2, 0.25) is 0 Å². The van der Waals surface area contributed by atoms with Crippen molar-refractivity contribution in [3.63, 3.8) is 0 Å². The van der Waals surface area contributed by atoms with Crippen LogP contribution in [0.25, 0.3) is 22.3 Å². The normalized spacial score (nSPS) is 11.5. The summed E-state index contributed by atoms with van der Waals surface area (Å²) in [5.74, 6) is -0.843. The summed E-state index contributed by atoms with van der Waals surface area (Å²) in [6.07, 6.45) is 2.41. The maximum Gasteiger partial charge on any atom is 0.307 e. The number of nitrogens with one attached hydrogen (secondary N) is 2. The van der Waals surface area contributed by atoms with Gasteiger partial charge >= 0.3 is 55.2 Å². The van der Waals surface area contributed by atoms with Crippen molar-refractivity contribution >= 4 is 49.9 Å².